The predicted molar refractivity (Wildman–Crippen MR) is 54.3 cm³/mol. The summed E-state index contributed by atoms with van der Waals surface area (Å²) in [5.41, 5.74) is 1.90. The molecule has 0 radical (unpaired) electrons. The largest absolute Gasteiger partial charge is 0.316 e. The molecule has 0 amide bonds. The van der Waals surface area contributed by atoms with Crippen LogP contribution in [0.25, 0.3) is 0 Å². The number of hydrogen-bond donors (Lipinski definition) is 1. The van der Waals surface area contributed by atoms with Gasteiger partial charge in [-0.05, 0) is 38.1 Å². The van der Waals surface area contributed by atoms with E-state index in [2.05, 4.69) is 25.7 Å². The molecule has 1 nitrogen and oxygen atoms in total. The molecule has 0 heterocycles. The Balaban J connectivity index is 1.98. The van der Waals surface area contributed by atoms with E-state index in [1.165, 1.54) is 31.4 Å². The zero-order chi connectivity index (χ0) is 9.03. The van der Waals surface area contributed by atoms with Gasteiger partial charge in [-0.2, -0.15) is 0 Å². The van der Waals surface area contributed by atoms with Crippen LogP contribution in [0.1, 0.15) is 39.5 Å². The minimum Gasteiger partial charge on any atom is -0.316 e. The highest BCUT2D eigenvalue weighted by Crippen LogP contribution is 2.39. The standard InChI is InChI=1S/C11H21N/c1-10(2)5-8-12-9-11(3)6-4-7-11/h12H,1,4-9H2,2-3H3. The number of nitrogens with one attached hydrogen (secondary N) is 1. The van der Waals surface area contributed by atoms with Crippen molar-refractivity contribution in [3.05, 3.63) is 12.2 Å². The molecular weight excluding hydrogens is 146 g/mol. The second-order valence-electron chi connectivity index (χ2n) is 4.55. The molecule has 1 saturated carbocycles. The van der Waals surface area contributed by atoms with Gasteiger partial charge >= 0.3 is 0 Å². The average molecular weight is 167 g/mol. The normalized spacial score (nSPS) is 20.2. The molecule has 1 rings (SSSR count). The Morgan fingerprint density at radius 3 is 2.58 bits per heavy atom. The number of rotatable bonds is 5. The molecule has 0 aromatic carbocycles. The second kappa shape index (κ2) is 4.08. The highest BCUT2D eigenvalue weighted by Gasteiger charge is 2.30. The lowest BCUT2D eigenvalue weighted by molar-refractivity contribution is 0.157. The Kier molecular flexibility index (Phi) is 3.33. The van der Waals surface area contributed by atoms with E-state index in [0.29, 0.717) is 5.41 Å². The van der Waals surface area contributed by atoms with Crippen LogP contribution < -0.4 is 5.32 Å². The molecule has 1 N–H and O–H groups in total. The maximum absolute atomic E-state index is 3.88. The zero-order valence-corrected chi connectivity index (χ0v) is 8.45. The van der Waals surface area contributed by atoms with Crippen molar-refractivity contribution < 1.29 is 0 Å². The van der Waals surface area contributed by atoms with Crippen LogP contribution in [0.15, 0.2) is 12.2 Å². The lowest BCUT2D eigenvalue weighted by Crippen LogP contribution is -2.37. The van der Waals surface area contributed by atoms with Gasteiger partial charge in [-0.3, -0.25) is 0 Å². The molecule has 1 aliphatic rings. The highest BCUT2D eigenvalue weighted by atomic mass is 14.9. The van der Waals surface area contributed by atoms with Crippen LogP contribution in [0.3, 0.4) is 0 Å². The van der Waals surface area contributed by atoms with Gasteiger partial charge < -0.3 is 5.32 Å². The summed E-state index contributed by atoms with van der Waals surface area (Å²) in [6.07, 6.45) is 5.37. The maximum atomic E-state index is 3.88. The summed E-state index contributed by atoms with van der Waals surface area (Å²) < 4.78 is 0. The van der Waals surface area contributed by atoms with Crippen LogP contribution in [0.2, 0.25) is 0 Å². The molecule has 0 aromatic rings. The molecular formula is C11H21N. The van der Waals surface area contributed by atoms with Gasteiger partial charge in [0.15, 0.2) is 0 Å². The Bertz CT molecular complexity index is 156. The summed E-state index contributed by atoms with van der Waals surface area (Å²) >= 11 is 0. The minimum absolute atomic E-state index is 0.620. The van der Waals surface area contributed by atoms with Crippen LogP contribution in [-0.2, 0) is 0 Å². The lowest BCUT2D eigenvalue weighted by Gasteiger charge is -2.38. The molecule has 0 spiro atoms. The van der Waals surface area contributed by atoms with Crippen molar-refractivity contribution in [1.29, 1.82) is 0 Å². The first-order chi connectivity index (χ1) is 5.62. The molecule has 0 atom stereocenters. The Morgan fingerprint density at radius 2 is 2.17 bits per heavy atom. The van der Waals surface area contributed by atoms with E-state index in [9.17, 15) is 0 Å². The van der Waals surface area contributed by atoms with E-state index >= 15 is 0 Å². The fourth-order valence-corrected chi connectivity index (χ4v) is 1.65. The Hall–Kier alpha value is -0.300. The van der Waals surface area contributed by atoms with Gasteiger partial charge in [0.1, 0.15) is 0 Å². The smallest absolute Gasteiger partial charge is 0.000529 e. The first-order valence-corrected chi connectivity index (χ1v) is 4.97. The summed E-state index contributed by atoms with van der Waals surface area (Å²) in [5.74, 6) is 0. The van der Waals surface area contributed by atoms with Crippen molar-refractivity contribution in [3.8, 4) is 0 Å². The van der Waals surface area contributed by atoms with Crippen molar-refractivity contribution >= 4 is 0 Å². The molecule has 0 saturated heterocycles. The van der Waals surface area contributed by atoms with Crippen molar-refractivity contribution in [2.24, 2.45) is 5.41 Å². The zero-order valence-electron chi connectivity index (χ0n) is 8.45. The summed E-state index contributed by atoms with van der Waals surface area (Å²) in [6, 6.07) is 0. The lowest BCUT2D eigenvalue weighted by atomic mass is 9.70. The fraction of sp³-hybridized carbons (Fsp3) is 0.818. The van der Waals surface area contributed by atoms with E-state index in [1.807, 2.05) is 0 Å². The summed E-state index contributed by atoms with van der Waals surface area (Å²) in [4.78, 5) is 0. The monoisotopic (exact) mass is 167 g/mol. The molecule has 12 heavy (non-hydrogen) atoms. The first-order valence-electron chi connectivity index (χ1n) is 4.97. The number of hydrogen-bond acceptors (Lipinski definition) is 1. The third kappa shape index (κ3) is 2.98. The van der Waals surface area contributed by atoms with Gasteiger partial charge in [-0.15, -0.1) is 6.58 Å². The van der Waals surface area contributed by atoms with Gasteiger partial charge in [0.05, 0.1) is 0 Å². The summed E-state index contributed by atoms with van der Waals surface area (Å²) in [6.45, 7) is 10.6. The topological polar surface area (TPSA) is 12.0 Å². The van der Waals surface area contributed by atoms with Gasteiger partial charge in [0, 0.05) is 6.54 Å². The molecule has 0 aromatic heterocycles. The molecule has 0 bridgehead atoms. The van der Waals surface area contributed by atoms with Crippen LogP contribution in [0.5, 0.6) is 0 Å². The van der Waals surface area contributed by atoms with Crippen molar-refractivity contribution in [3.63, 3.8) is 0 Å². The molecule has 70 valence electrons. The Morgan fingerprint density at radius 1 is 1.50 bits per heavy atom. The molecule has 1 heteroatoms. The van der Waals surface area contributed by atoms with Gasteiger partial charge in [0.2, 0.25) is 0 Å². The molecule has 0 aliphatic heterocycles. The third-order valence-electron chi connectivity index (χ3n) is 2.84. The SMILES string of the molecule is C=C(C)CCNCC1(C)CCC1. The van der Waals surface area contributed by atoms with Crippen molar-refractivity contribution in [2.75, 3.05) is 13.1 Å². The highest BCUT2D eigenvalue weighted by molar-refractivity contribution is 4.89. The van der Waals surface area contributed by atoms with Crippen LogP contribution in [0.4, 0.5) is 0 Å². The molecule has 1 fully saturated rings. The first kappa shape index (κ1) is 9.79. The van der Waals surface area contributed by atoms with E-state index < -0.39 is 0 Å². The van der Waals surface area contributed by atoms with Crippen LogP contribution in [0, 0.1) is 5.41 Å². The maximum Gasteiger partial charge on any atom is 0.000529 e. The third-order valence-corrected chi connectivity index (χ3v) is 2.84. The van der Waals surface area contributed by atoms with E-state index in [1.54, 1.807) is 0 Å². The van der Waals surface area contributed by atoms with E-state index in [0.717, 1.165) is 13.0 Å². The average Bonchev–Trinajstić information content (AvgIpc) is 1.94. The summed E-state index contributed by atoms with van der Waals surface area (Å²) in [5, 5.41) is 3.50. The molecule has 0 unspecified atom stereocenters. The molecule has 1 aliphatic carbocycles. The summed E-state index contributed by atoms with van der Waals surface area (Å²) in [7, 11) is 0. The van der Waals surface area contributed by atoms with Crippen LogP contribution >= 0.6 is 0 Å². The van der Waals surface area contributed by atoms with Crippen LogP contribution in [-0.4, -0.2) is 13.1 Å². The quantitative estimate of drug-likeness (QED) is 0.490. The Labute approximate surface area is 76.2 Å². The second-order valence-corrected chi connectivity index (χ2v) is 4.55. The predicted octanol–water partition coefficient (Wildman–Crippen LogP) is 2.73. The van der Waals surface area contributed by atoms with Crippen molar-refractivity contribution in [1.82, 2.24) is 5.32 Å². The fourth-order valence-electron chi connectivity index (χ4n) is 1.65. The van der Waals surface area contributed by atoms with Gasteiger partial charge in [-0.1, -0.05) is 18.9 Å². The minimum atomic E-state index is 0.620. The van der Waals surface area contributed by atoms with Gasteiger partial charge in [-0.25, -0.2) is 0 Å². The van der Waals surface area contributed by atoms with Crippen molar-refractivity contribution in [2.45, 2.75) is 39.5 Å². The van der Waals surface area contributed by atoms with E-state index in [-0.39, 0.29) is 0 Å². The van der Waals surface area contributed by atoms with E-state index in [4.69, 9.17) is 0 Å². The van der Waals surface area contributed by atoms with Gasteiger partial charge in [0.25, 0.3) is 0 Å².